The highest BCUT2D eigenvalue weighted by molar-refractivity contribution is 6.52. The first-order chi connectivity index (χ1) is 13.0. The van der Waals surface area contributed by atoms with Crippen LogP contribution >= 0.6 is 0 Å². The van der Waals surface area contributed by atoms with E-state index in [0.717, 1.165) is 5.39 Å². The van der Waals surface area contributed by atoms with Gasteiger partial charge < -0.3 is 9.84 Å². The Kier molecular flexibility index (Phi) is 5.21. The Balaban J connectivity index is 2.15. The fourth-order valence-corrected chi connectivity index (χ4v) is 2.55. The number of ketones is 1. The van der Waals surface area contributed by atoms with Crippen LogP contribution in [-0.4, -0.2) is 28.5 Å². The zero-order valence-electron chi connectivity index (χ0n) is 13.8. The molecule has 0 atom stereocenters. The number of carbonyl (C=O) groups is 2. The summed E-state index contributed by atoms with van der Waals surface area (Å²) in [6.07, 6.45) is 1.19. The number of Topliss-reactive ketones (excluding diaryl/α,β-unsaturated/α-hetero) is 1. The van der Waals surface area contributed by atoms with E-state index in [9.17, 15) is 18.4 Å². The molecule has 1 N–H and O–H groups in total. The van der Waals surface area contributed by atoms with Gasteiger partial charge in [-0.3, -0.25) is 4.79 Å². The van der Waals surface area contributed by atoms with E-state index in [1.54, 1.807) is 24.3 Å². The average Bonchev–Trinajstić information content (AvgIpc) is 2.66. The van der Waals surface area contributed by atoms with Gasteiger partial charge in [-0.25, -0.2) is 9.78 Å². The topological polar surface area (TPSA) is 76.5 Å². The maximum absolute atomic E-state index is 12.6. The molecule has 3 rings (SSSR count). The number of rotatable bonds is 6. The second kappa shape index (κ2) is 7.74. The van der Waals surface area contributed by atoms with Crippen molar-refractivity contribution in [3.8, 4) is 5.75 Å². The van der Waals surface area contributed by atoms with Gasteiger partial charge in [-0.05, 0) is 24.3 Å². The highest BCUT2D eigenvalue weighted by atomic mass is 19.3. The molecule has 0 unspecified atom stereocenters. The molecular weight excluding hydrogens is 356 g/mol. The third-order valence-corrected chi connectivity index (χ3v) is 3.75. The van der Waals surface area contributed by atoms with Gasteiger partial charge in [-0.2, -0.15) is 8.78 Å². The first-order valence-corrected chi connectivity index (χ1v) is 7.85. The normalized spacial score (nSPS) is 11.6. The van der Waals surface area contributed by atoms with Crippen LogP contribution < -0.4 is 4.74 Å². The summed E-state index contributed by atoms with van der Waals surface area (Å²) in [5.41, 5.74) is 0.583. The van der Waals surface area contributed by atoms with Crippen LogP contribution in [0.15, 0.2) is 60.7 Å². The predicted octanol–water partition coefficient (Wildman–Crippen LogP) is 4.03. The molecule has 136 valence electrons. The summed E-state index contributed by atoms with van der Waals surface area (Å²) in [6.45, 7) is -3.06. The van der Waals surface area contributed by atoms with Crippen LogP contribution in [0.4, 0.5) is 8.78 Å². The number of alkyl halides is 2. The molecule has 27 heavy (non-hydrogen) atoms. The van der Waals surface area contributed by atoms with Crippen LogP contribution in [0.3, 0.4) is 0 Å². The number of carboxylic acid groups (broad SMARTS) is 1. The number of carboxylic acids is 1. The Morgan fingerprint density at radius 2 is 1.70 bits per heavy atom. The SMILES string of the molecule is O=C(O)C(=O)C(=Cc1ccccc1OC(F)F)c1ccc2ccccc2n1. The van der Waals surface area contributed by atoms with Crippen LogP contribution in [0.1, 0.15) is 11.3 Å². The van der Waals surface area contributed by atoms with Gasteiger partial charge in [0.05, 0.1) is 16.8 Å². The minimum atomic E-state index is -3.06. The van der Waals surface area contributed by atoms with Gasteiger partial charge in [0.2, 0.25) is 0 Å². The predicted molar refractivity (Wildman–Crippen MR) is 95.3 cm³/mol. The van der Waals surface area contributed by atoms with Crippen LogP contribution in [0.25, 0.3) is 22.6 Å². The number of aliphatic carboxylic acids is 1. The average molecular weight is 369 g/mol. The molecule has 2 aromatic carbocycles. The van der Waals surface area contributed by atoms with Gasteiger partial charge in [-0.15, -0.1) is 0 Å². The lowest BCUT2D eigenvalue weighted by Gasteiger charge is -2.10. The van der Waals surface area contributed by atoms with Gasteiger partial charge in [-0.1, -0.05) is 42.5 Å². The van der Waals surface area contributed by atoms with E-state index in [-0.39, 0.29) is 22.6 Å². The highest BCUT2D eigenvalue weighted by Crippen LogP contribution is 2.27. The molecule has 0 fully saturated rings. The number of hydrogen-bond donors (Lipinski definition) is 1. The van der Waals surface area contributed by atoms with Crippen molar-refractivity contribution in [2.75, 3.05) is 0 Å². The van der Waals surface area contributed by atoms with Crippen LogP contribution in [-0.2, 0) is 9.59 Å². The molecular formula is C20H13F2NO4. The standard InChI is InChI=1S/C20H13F2NO4/c21-20(22)27-17-8-4-2-6-13(17)11-14(18(24)19(25)26)16-10-9-12-5-1-3-7-15(12)23-16/h1-11,20H,(H,25,26). The second-order valence-corrected chi connectivity index (χ2v) is 5.50. The molecule has 0 spiro atoms. The number of benzene rings is 2. The summed E-state index contributed by atoms with van der Waals surface area (Å²) >= 11 is 0. The molecule has 1 heterocycles. The van der Waals surface area contributed by atoms with Crippen LogP contribution in [0.2, 0.25) is 0 Å². The molecule has 0 aliphatic carbocycles. The maximum atomic E-state index is 12.6. The number of ether oxygens (including phenoxy) is 1. The number of hydrogen-bond acceptors (Lipinski definition) is 4. The quantitative estimate of drug-likeness (QED) is 0.524. The molecule has 0 aliphatic heterocycles. The van der Waals surface area contributed by atoms with Gasteiger partial charge in [0.1, 0.15) is 5.75 Å². The number of carbonyl (C=O) groups excluding carboxylic acids is 1. The summed E-state index contributed by atoms with van der Waals surface area (Å²) in [5, 5.41) is 9.96. The van der Waals surface area contributed by atoms with Gasteiger partial charge >= 0.3 is 12.6 Å². The summed E-state index contributed by atoms with van der Waals surface area (Å²) in [6, 6.07) is 16.1. The smallest absolute Gasteiger partial charge is 0.387 e. The number of para-hydroxylation sites is 2. The summed E-state index contributed by atoms with van der Waals surface area (Å²) < 4.78 is 29.6. The van der Waals surface area contributed by atoms with E-state index >= 15 is 0 Å². The molecule has 3 aromatic rings. The fourth-order valence-electron chi connectivity index (χ4n) is 2.55. The van der Waals surface area contributed by atoms with E-state index < -0.39 is 18.4 Å². The molecule has 1 aromatic heterocycles. The van der Waals surface area contributed by atoms with Crippen molar-refractivity contribution in [3.05, 3.63) is 71.9 Å². The number of aromatic nitrogens is 1. The Labute approximate surface area is 152 Å². The Bertz CT molecular complexity index is 1050. The summed E-state index contributed by atoms with van der Waals surface area (Å²) in [4.78, 5) is 27.8. The molecule has 0 saturated carbocycles. The first kappa shape index (κ1) is 18.2. The highest BCUT2D eigenvalue weighted by Gasteiger charge is 2.22. The monoisotopic (exact) mass is 369 g/mol. The van der Waals surface area contributed by atoms with Crippen molar-refractivity contribution in [2.45, 2.75) is 6.61 Å². The molecule has 0 amide bonds. The fraction of sp³-hybridized carbons (Fsp3) is 0.0500. The summed E-state index contributed by atoms with van der Waals surface area (Å²) in [5.74, 6) is -3.06. The third kappa shape index (κ3) is 4.14. The minimum absolute atomic E-state index is 0.118. The van der Waals surface area contributed by atoms with E-state index in [1.165, 1.54) is 30.3 Å². The number of nitrogens with zero attached hydrogens (tertiary/aromatic N) is 1. The largest absolute Gasteiger partial charge is 0.475 e. The Morgan fingerprint density at radius 3 is 2.44 bits per heavy atom. The number of halogens is 2. The Hall–Kier alpha value is -3.61. The van der Waals surface area contributed by atoms with Crippen molar-refractivity contribution < 1.29 is 28.2 Å². The van der Waals surface area contributed by atoms with Crippen molar-refractivity contribution in [1.82, 2.24) is 4.98 Å². The Morgan fingerprint density at radius 1 is 1.00 bits per heavy atom. The third-order valence-electron chi connectivity index (χ3n) is 3.75. The lowest BCUT2D eigenvalue weighted by atomic mass is 10.0. The molecule has 0 saturated heterocycles. The molecule has 7 heteroatoms. The van der Waals surface area contributed by atoms with Crippen molar-refractivity contribution in [2.24, 2.45) is 0 Å². The van der Waals surface area contributed by atoms with Crippen LogP contribution in [0.5, 0.6) is 5.75 Å². The molecule has 5 nitrogen and oxygen atoms in total. The minimum Gasteiger partial charge on any atom is -0.475 e. The molecule has 0 aliphatic rings. The van der Waals surface area contributed by atoms with E-state index in [0.29, 0.717) is 5.52 Å². The van der Waals surface area contributed by atoms with E-state index in [2.05, 4.69) is 9.72 Å². The lowest BCUT2D eigenvalue weighted by Crippen LogP contribution is -2.15. The second-order valence-electron chi connectivity index (χ2n) is 5.50. The molecule has 0 bridgehead atoms. The van der Waals surface area contributed by atoms with Crippen molar-refractivity contribution in [3.63, 3.8) is 0 Å². The maximum Gasteiger partial charge on any atom is 0.387 e. The van der Waals surface area contributed by atoms with Gasteiger partial charge in [0.15, 0.2) is 0 Å². The van der Waals surface area contributed by atoms with Gasteiger partial charge in [0, 0.05) is 10.9 Å². The zero-order chi connectivity index (χ0) is 19.4. The number of fused-ring (bicyclic) bond motifs is 1. The van der Waals surface area contributed by atoms with Crippen LogP contribution in [0, 0.1) is 0 Å². The van der Waals surface area contributed by atoms with Gasteiger partial charge in [0.25, 0.3) is 5.78 Å². The number of pyridine rings is 1. The van der Waals surface area contributed by atoms with E-state index in [1.807, 2.05) is 12.1 Å². The van der Waals surface area contributed by atoms with Crippen molar-refractivity contribution in [1.29, 1.82) is 0 Å². The molecule has 0 radical (unpaired) electrons. The lowest BCUT2D eigenvalue weighted by molar-refractivity contribution is -0.146. The summed E-state index contributed by atoms with van der Waals surface area (Å²) in [7, 11) is 0. The first-order valence-electron chi connectivity index (χ1n) is 7.85. The van der Waals surface area contributed by atoms with Crippen molar-refractivity contribution >= 4 is 34.3 Å². The van der Waals surface area contributed by atoms with E-state index in [4.69, 9.17) is 5.11 Å². The zero-order valence-corrected chi connectivity index (χ0v) is 13.8.